The van der Waals surface area contributed by atoms with Crippen LogP contribution in [0.5, 0.6) is 0 Å². The first-order chi connectivity index (χ1) is 8.58. The molecule has 1 fully saturated rings. The molecule has 0 saturated heterocycles. The van der Waals surface area contributed by atoms with Crippen molar-refractivity contribution in [3.8, 4) is 0 Å². The Balaban J connectivity index is 2.04. The minimum Gasteiger partial charge on any atom is -0.368 e. The van der Waals surface area contributed by atoms with E-state index in [0.717, 1.165) is 12.8 Å². The third-order valence-electron chi connectivity index (χ3n) is 3.03. The molecule has 1 saturated carbocycles. The Hall–Kier alpha value is -1.91. The third kappa shape index (κ3) is 3.06. The third-order valence-corrected chi connectivity index (χ3v) is 3.03. The van der Waals surface area contributed by atoms with Crippen LogP contribution in [0, 0.1) is 11.7 Å². The van der Waals surface area contributed by atoms with Crippen LogP contribution in [0.2, 0.25) is 0 Å². The van der Waals surface area contributed by atoms with Crippen molar-refractivity contribution >= 4 is 11.8 Å². The quantitative estimate of drug-likeness (QED) is 0.824. The molecule has 5 heteroatoms. The molecule has 0 heterocycles. The number of nitrogens with one attached hydrogen (secondary N) is 1. The molecule has 2 amide bonds. The molecule has 1 aliphatic rings. The fraction of sp³-hybridized carbons (Fsp3) is 0.385. The molecule has 0 bridgehead atoms. The van der Waals surface area contributed by atoms with Crippen LogP contribution in [-0.4, -0.2) is 17.9 Å². The lowest BCUT2D eigenvalue weighted by Gasteiger charge is -2.15. The summed E-state index contributed by atoms with van der Waals surface area (Å²) in [7, 11) is 0. The van der Waals surface area contributed by atoms with Crippen LogP contribution in [-0.2, 0) is 4.79 Å². The molecule has 0 unspecified atom stereocenters. The van der Waals surface area contributed by atoms with Crippen LogP contribution in [0.1, 0.15) is 29.6 Å². The van der Waals surface area contributed by atoms with Gasteiger partial charge >= 0.3 is 0 Å². The van der Waals surface area contributed by atoms with Crippen LogP contribution in [0.3, 0.4) is 0 Å². The van der Waals surface area contributed by atoms with Crippen molar-refractivity contribution in [1.29, 1.82) is 0 Å². The zero-order valence-corrected chi connectivity index (χ0v) is 9.86. The van der Waals surface area contributed by atoms with Gasteiger partial charge in [0, 0.05) is 0 Å². The summed E-state index contributed by atoms with van der Waals surface area (Å²) >= 11 is 0. The number of rotatable bonds is 5. The molecule has 2 rings (SSSR count). The molecule has 96 valence electrons. The van der Waals surface area contributed by atoms with Crippen molar-refractivity contribution in [3.05, 3.63) is 35.6 Å². The molecule has 1 aromatic rings. The summed E-state index contributed by atoms with van der Waals surface area (Å²) in [6, 6.07) is 4.93. The van der Waals surface area contributed by atoms with Gasteiger partial charge in [-0.15, -0.1) is 0 Å². The highest BCUT2D eigenvalue weighted by Crippen LogP contribution is 2.33. The number of carbonyl (C=O) groups is 2. The zero-order chi connectivity index (χ0) is 13.1. The van der Waals surface area contributed by atoms with Gasteiger partial charge in [0.05, 0.1) is 5.56 Å². The van der Waals surface area contributed by atoms with E-state index in [0.29, 0.717) is 12.3 Å². The Bertz CT molecular complexity index is 472. The average Bonchev–Trinajstić information content (AvgIpc) is 3.12. The maximum Gasteiger partial charge on any atom is 0.254 e. The van der Waals surface area contributed by atoms with Crippen LogP contribution >= 0.6 is 0 Å². The number of hydrogen-bond acceptors (Lipinski definition) is 2. The molecule has 18 heavy (non-hydrogen) atoms. The number of carbonyl (C=O) groups excluding carboxylic acids is 2. The average molecular weight is 250 g/mol. The first kappa shape index (κ1) is 12.5. The topological polar surface area (TPSA) is 72.2 Å². The predicted octanol–water partition coefficient (Wildman–Crippen LogP) is 1.21. The fourth-order valence-corrected chi connectivity index (χ4v) is 1.81. The summed E-state index contributed by atoms with van der Waals surface area (Å²) in [6.45, 7) is 0. The number of primary amides is 1. The highest BCUT2D eigenvalue weighted by Gasteiger charge is 2.29. The van der Waals surface area contributed by atoms with E-state index in [-0.39, 0.29) is 5.56 Å². The Labute approximate surface area is 104 Å². The fourth-order valence-electron chi connectivity index (χ4n) is 1.81. The van der Waals surface area contributed by atoms with Crippen molar-refractivity contribution in [1.82, 2.24) is 5.32 Å². The lowest BCUT2D eigenvalue weighted by molar-refractivity contribution is -0.120. The van der Waals surface area contributed by atoms with Crippen LogP contribution in [0.4, 0.5) is 4.39 Å². The molecule has 0 spiro atoms. The molecular formula is C13H15FN2O2. The van der Waals surface area contributed by atoms with Crippen LogP contribution in [0.15, 0.2) is 24.3 Å². The van der Waals surface area contributed by atoms with Gasteiger partial charge in [0.1, 0.15) is 11.9 Å². The number of amides is 2. The first-order valence-electron chi connectivity index (χ1n) is 5.92. The second kappa shape index (κ2) is 5.16. The molecule has 1 aromatic carbocycles. The summed E-state index contributed by atoms with van der Waals surface area (Å²) in [4.78, 5) is 23.1. The molecular weight excluding hydrogens is 235 g/mol. The van der Waals surface area contributed by atoms with Gasteiger partial charge in [-0.25, -0.2) is 4.39 Å². The monoisotopic (exact) mass is 250 g/mol. The Morgan fingerprint density at radius 2 is 2.06 bits per heavy atom. The van der Waals surface area contributed by atoms with Gasteiger partial charge in [-0.2, -0.15) is 0 Å². The van der Waals surface area contributed by atoms with E-state index in [4.69, 9.17) is 5.73 Å². The number of benzene rings is 1. The van der Waals surface area contributed by atoms with Crippen molar-refractivity contribution in [2.24, 2.45) is 11.7 Å². The van der Waals surface area contributed by atoms with E-state index in [9.17, 15) is 14.0 Å². The van der Waals surface area contributed by atoms with Crippen molar-refractivity contribution in [2.45, 2.75) is 25.3 Å². The number of nitrogens with two attached hydrogens (primary N) is 1. The summed E-state index contributed by atoms with van der Waals surface area (Å²) in [5, 5.41) is 2.49. The van der Waals surface area contributed by atoms with Crippen LogP contribution < -0.4 is 11.1 Å². The highest BCUT2D eigenvalue weighted by molar-refractivity contribution is 5.97. The Morgan fingerprint density at radius 3 is 2.61 bits per heavy atom. The van der Waals surface area contributed by atoms with Gasteiger partial charge in [0.2, 0.25) is 5.91 Å². The molecule has 0 aromatic heterocycles. The van der Waals surface area contributed by atoms with Gasteiger partial charge in [0.15, 0.2) is 0 Å². The SMILES string of the molecule is NC(=O)[C@H](CC1CC1)NC(=O)c1ccccc1F. The number of hydrogen-bond donors (Lipinski definition) is 2. The molecule has 1 atom stereocenters. The van der Waals surface area contributed by atoms with Gasteiger partial charge in [-0.05, 0) is 24.5 Å². The summed E-state index contributed by atoms with van der Waals surface area (Å²) in [5.74, 6) is -1.34. The smallest absolute Gasteiger partial charge is 0.254 e. The molecule has 1 aliphatic carbocycles. The predicted molar refractivity (Wildman–Crippen MR) is 64.2 cm³/mol. The van der Waals surface area contributed by atoms with E-state index in [1.807, 2.05) is 0 Å². The first-order valence-corrected chi connectivity index (χ1v) is 5.92. The van der Waals surface area contributed by atoms with Gasteiger partial charge < -0.3 is 11.1 Å². The standard InChI is InChI=1S/C13H15FN2O2/c14-10-4-2-1-3-9(10)13(18)16-11(12(15)17)7-8-5-6-8/h1-4,8,11H,5-7H2,(H2,15,17)(H,16,18)/t11-/m0/s1. The van der Waals surface area contributed by atoms with E-state index in [1.54, 1.807) is 6.07 Å². The minimum atomic E-state index is -0.718. The molecule has 4 nitrogen and oxygen atoms in total. The second-order valence-electron chi connectivity index (χ2n) is 4.59. The van der Waals surface area contributed by atoms with Crippen LogP contribution in [0.25, 0.3) is 0 Å². The molecule has 3 N–H and O–H groups in total. The van der Waals surface area contributed by atoms with E-state index >= 15 is 0 Å². The van der Waals surface area contributed by atoms with E-state index < -0.39 is 23.7 Å². The largest absolute Gasteiger partial charge is 0.368 e. The zero-order valence-electron chi connectivity index (χ0n) is 9.86. The minimum absolute atomic E-state index is 0.0699. The second-order valence-corrected chi connectivity index (χ2v) is 4.59. The van der Waals surface area contributed by atoms with Crippen molar-refractivity contribution in [3.63, 3.8) is 0 Å². The van der Waals surface area contributed by atoms with E-state index in [2.05, 4.69) is 5.32 Å². The Kier molecular flexibility index (Phi) is 3.60. The summed E-state index contributed by atoms with van der Waals surface area (Å²) in [5.41, 5.74) is 5.16. The van der Waals surface area contributed by atoms with Gasteiger partial charge in [-0.3, -0.25) is 9.59 Å². The lowest BCUT2D eigenvalue weighted by Crippen LogP contribution is -2.44. The van der Waals surface area contributed by atoms with Crippen molar-refractivity contribution < 1.29 is 14.0 Å². The molecule has 0 radical (unpaired) electrons. The number of halogens is 1. The van der Waals surface area contributed by atoms with E-state index in [1.165, 1.54) is 18.2 Å². The lowest BCUT2D eigenvalue weighted by atomic mass is 10.1. The summed E-state index contributed by atoms with van der Waals surface area (Å²) in [6.07, 6.45) is 2.65. The Morgan fingerprint density at radius 1 is 1.39 bits per heavy atom. The summed E-state index contributed by atoms with van der Waals surface area (Å²) < 4.78 is 13.4. The maximum atomic E-state index is 13.4. The highest BCUT2D eigenvalue weighted by atomic mass is 19.1. The maximum absolute atomic E-state index is 13.4. The van der Waals surface area contributed by atoms with Gasteiger partial charge in [-0.1, -0.05) is 25.0 Å². The normalized spacial score (nSPS) is 16.1. The van der Waals surface area contributed by atoms with Gasteiger partial charge in [0.25, 0.3) is 5.91 Å². The van der Waals surface area contributed by atoms with Crippen molar-refractivity contribution in [2.75, 3.05) is 0 Å². The molecule has 0 aliphatic heterocycles.